The van der Waals surface area contributed by atoms with Crippen molar-refractivity contribution in [1.29, 1.82) is 37.9 Å². The number of nitrogens with zero attached hydrogens (tertiary/aromatic N) is 12. The van der Waals surface area contributed by atoms with Crippen LogP contribution in [0.25, 0.3) is 0 Å². The maximum Gasteiger partial charge on any atom is 0.0956 e. The van der Waals surface area contributed by atoms with Crippen molar-refractivity contribution in [2.45, 2.75) is 142 Å². The second-order valence-electron chi connectivity index (χ2n) is 18.6. The minimum absolute atomic E-state index is 0.167. The lowest BCUT2D eigenvalue weighted by molar-refractivity contribution is 0.296. The van der Waals surface area contributed by atoms with Gasteiger partial charge >= 0.3 is 0 Å². The summed E-state index contributed by atoms with van der Waals surface area (Å²) in [6.07, 6.45) is 9.06. The first kappa shape index (κ1) is 73.1. The van der Waals surface area contributed by atoms with Gasteiger partial charge in [-0.25, -0.2) is 0 Å². The molecule has 7 aliphatic rings. The minimum Gasteiger partial charge on any atom is -0.388 e. The summed E-state index contributed by atoms with van der Waals surface area (Å²) in [5.74, 6) is 7.18. The summed E-state index contributed by atoms with van der Waals surface area (Å²) in [6, 6.07) is 0. The second-order valence-corrected chi connectivity index (χ2v) is 18.6. The molecular formula is C52H110N20. The average Bonchev–Trinajstić information content (AvgIpc) is 4.22. The lowest BCUT2D eigenvalue weighted by Gasteiger charge is -2.32. The molecule has 0 amide bonds. The fourth-order valence-electron chi connectivity index (χ4n) is 5.50. The molecule has 0 spiro atoms. The standard InChI is InChI=1S/C7H14N2.2C6H12N2.3C5H10N2.C5H12N2.C4H8N2.C4H9N.C3H7N.C2H6N2/c1-7(8)9-5-3-2-4-6-9;1-6(7-2)8-4-3-5-8;1-6(7)8-4-2-3-5-8;1-5-6-3-4-7(5)2;1-5(6-2)7-3-4-7;1-5(6)7-3-2-4-7;1-4-7(3)5(2)6;1-4(5)6-2-3-6;1-4(2)5-3;1-3(2)4;1-2(3)4/h8H,2-6H2,1H3;3-5H2,1-2H3;7H,2-5H2,1H3;2*3-4H2,1-2H3;6H,2-4H2,1H3;6H,4H2,1-3H3;5H,2-3H2,1H3;1-3H3;4H,1-2H3;1H3,(H3,3,4). The maximum atomic E-state index is 7.31. The summed E-state index contributed by atoms with van der Waals surface area (Å²) in [5.41, 5.74) is 6.49. The van der Waals surface area contributed by atoms with Crippen LogP contribution in [0.1, 0.15) is 142 Å². The van der Waals surface area contributed by atoms with Crippen LogP contribution in [0.3, 0.4) is 0 Å². The molecule has 418 valence electrons. The molecule has 0 atom stereocenters. The number of aliphatic imine (C=N–C) groups is 4. The topological polar surface area (TPSA) is 268 Å². The molecule has 0 unspecified atom stereocenters. The lowest BCUT2D eigenvalue weighted by Crippen LogP contribution is -2.40. The molecule has 0 aromatic heterocycles. The van der Waals surface area contributed by atoms with Crippen molar-refractivity contribution in [2.75, 3.05) is 133 Å². The molecule has 0 aliphatic carbocycles. The molecule has 7 rings (SSSR count). The number of piperidine rings is 1. The van der Waals surface area contributed by atoms with Crippen LogP contribution >= 0.6 is 0 Å². The third kappa shape index (κ3) is 48.2. The molecule has 0 aromatic rings. The Kier molecular flexibility index (Phi) is 46.1. The summed E-state index contributed by atoms with van der Waals surface area (Å²) < 4.78 is 0. The Morgan fingerprint density at radius 2 is 0.750 bits per heavy atom. The van der Waals surface area contributed by atoms with Gasteiger partial charge < -0.3 is 50.3 Å². The highest BCUT2D eigenvalue weighted by Gasteiger charge is 2.17. The van der Waals surface area contributed by atoms with E-state index in [1.165, 1.54) is 95.6 Å². The quantitative estimate of drug-likeness (QED) is 0.0717. The second kappa shape index (κ2) is 45.4. The van der Waals surface area contributed by atoms with Crippen molar-refractivity contribution in [3.63, 3.8) is 0 Å². The first-order chi connectivity index (χ1) is 33.6. The van der Waals surface area contributed by atoms with E-state index in [0.717, 1.165) is 89.4 Å². The first-order valence-electron chi connectivity index (χ1n) is 25.9. The van der Waals surface area contributed by atoms with Crippen LogP contribution in [0.2, 0.25) is 0 Å². The number of nitrogens with two attached hydrogens (primary N) is 1. The predicted molar refractivity (Wildman–Crippen MR) is 317 cm³/mol. The molecule has 9 N–H and O–H groups in total. The summed E-state index contributed by atoms with van der Waals surface area (Å²) >= 11 is 0. The van der Waals surface area contributed by atoms with Gasteiger partial charge in [-0.1, -0.05) is 0 Å². The van der Waals surface area contributed by atoms with Gasteiger partial charge in [-0.2, -0.15) is 0 Å². The number of hydrogen-bond acceptors (Lipinski definition) is 12. The number of likely N-dealkylation sites (tertiary alicyclic amines) is 4. The Bertz CT molecular complexity index is 1600. The Balaban J connectivity index is -0.000000356. The molecule has 0 saturated carbocycles. The molecule has 0 radical (unpaired) electrons. The lowest BCUT2D eigenvalue weighted by atomic mass is 10.1. The zero-order valence-electron chi connectivity index (χ0n) is 49.5. The van der Waals surface area contributed by atoms with E-state index in [4.69, 9.17) is 43.6 Å². The maximum absolute atomic E-state index is 7.31. The Morgan fingerprint density at radius 3 is 0.847 bits per heavy atom. The van der Waals surface area contributed by atoms with Gasteiger partial charge in [0.05, 0.1) is 59.1 Å². The summed E-state index contributed by atoms with van der Waals surface area (Å²) in [7, 11) is 9.42. The summed E-state index contributed by atoms with van der Waals surface area (Å²) in [4.78, 5) is 32.8. The van der Waals surface area contributed by atoms with Crippen LogP contribution < -0.4 is 5.73 Å². The van der Waals surface area contributed by atoms with Crippen molar-refractivity contribution in [2.24, 2.45) is 25.7 Å². The van der Waals surface area contributed by atoms with Gasteiger partial charge in [0.2, 0.25) is 0 Å². The zero-order chi connectivity index (χ0) is 56.4. The molecule has 72 heavy (non-hydrogen) atoms. The molecule has 7 heterocycles. The van der Waals surface area contributed by atoms with Crippen LogP contribution in [-0.2, 0) is 0 Å². The van der Waals surface area contributed by atoms with Crippen LogP contribution in [-0.4, -0.2) is 237 Å². The van der Waals surface area contributed by atoms with E-state index in [0.29, 0.717) is 23.2 Å². The number of nitrogens with one attached hydrogen (secondary N) is 7. The van der Waals surface area contributed by atoms with Crippen molar-refractivity contribution < 1.29 is 0 Å². The van der Waals surface area contributed by atoms with E-state index in [9.17, 15) is 0 Å². The smallest absolute Gasteiger partial charge is 0.0956 e. The summed E-state index contributed by atoms with van der Waals surface area (Å²) in [6.45, 7) is 43.0. The van der Waals surface area contributed by atoms with Gasteiger partial charge in [-0.15, -0.1) is 0 Å². The fourth-order valence-corrected chi connectivity index (χ4v) is 5.50. The number of hydrogen-bond donors (Lipinski definition) is 8. The molecule has 0 bridgehead atoms. The van der Waals surface area contributed by atoms with Gasteiger partial charge in [0.25, 0.3) is 0 Å². The third-order valence-corrected chi connectivity index (χ3v) is 11.4. The predicted octanol–water partition coefficient (Wildman–Crippen LogP) is 8.00. The van der Waals surface area contributed by atoms with E-state index < -0.39 is 0 Å². The molecule has 20 heteroatoms. The Morgan fingerprint density at radius 1 is 0.486 bits per heavy atom. The van der Waals surface area contributed by atoms with E-state index in [1.54, 1.807) is 27.8 Å². The van der Waals surface area contributed by atoms with Crippen LogP contribution in [0.4, 0.5) is 0 Å². The van der Waals surface area contributed by atoms with Crippen molar-refractivity contribution >= 4 is 63.9 Å². The highest BCUT2D eigenvalue weighted by molar-refractivity contribution is 5.82. The highest BCUT2D eigenvalue weighted by Crippen LogP contribution is 2.09. The molecular weight excluding hydrogens is 905 g/mol. The molecule has 6 saturated heterocycles. The van der Waals surface area contributed by atoms with E-state index in [2.05, 4.69) is 63.3 Å². The van der Waals surface area contributed by atoms with Gasteiger partial charge in [0.1, 0.15) is 0 Å². The number of amidine groups is 9. The molecule has 20 nitrogen and oxygen atoms in total. The Hall–Kier alpha value is -5.43. The van der Waals surface area contributed by atoms with Crippen molar-refractivity contribution in [1.82, 2.24) is 39.2 Å². The third-order valence-electron chi connectivity index (χ3n) is 11.4. The van der Waals surface area contributed by atoms with E-state index >= 15 is 0 Å². The molecule has 0 aromatic carbocycles. The van der Waals surface area contributed by atoms with Crippen LogP contribution in [0.5, 0.6) is 0 Å². The van der Waals surface area contributed by atoms with Crippen molar-refractivity contribution in [3.8, 4) is 0 Å². The molecule has 6 fully saturated rings. The zero-order valence-corrected chi connectivity index (χ0v) is 49.5. The SMILES string of the molecule is CC(=N)N.CC(=N)N1CC1.CC(=N)N1CCC1.CC(=N)N1CCCC1.CC(=N)N1CCCCC1.CC(C)=N.CC1=NCCN1C.CCN(C)C(C)=N.CN=C(C)C.CN=C(C)N1CC1.CN=C(C)N1CCC1. The van der Waals surface area contributed by atoms with Gasteiger partial charge in [0.15, 0.2) is 0 Å². The largest absolute Gasteiger partial charge is 0.388 e. The fraction of sp³-hybridized carbons (Fsp3) is 0.788. The molecule has 7 aliphatic heterocycles. The van der Waals surface area contributed by atoms with Gasteiger partial charge in [0, 0.05) is 138 Å². The normalized spacial score (nSPS) is 16.2. The van der Waals surface area contributed by atoms with Gasteiger partial charge in [-0.05, 0) is 142 Å². The number of rotatable bonds is 1. The van der Waals surface area contributed by atoms with Crippen LogP contribution in [0, 0.1) is 37.9 Å². The minimum atomic E-state index is 0.167. The van der Waals surface area contributed by atoms with Crippen LogP contribution in [0.15, 0.2) is 20.0 Å². The van der Waals surface area contributed by atoms with Crippen molar-refractivity contribution in [3.05, 3.63) is 0 Å². The summed E-state index contributed by atoms with van der Waals surface area (Å²) in [5, 5.41) is 48.4. The van der Waals surface area contributed by atoms with E-state index in [1.807, 2.05) is 93.3 Å². The average molecular weight is 1020 g/mol. The monoisotopic (exact) mass is 1010 g/mol. The number of likely N-dealkylation sites (N-methyl/N-ethyl adjacent to an activating group) is 1. The Labute approximate surface area is 440 Å². The highest BCUT2D eigenvalue weighted by atomic mass is 15.3. The first-order valence-corrected chi connectivity index (χ1v) is 25.9. The van der Waals surface area contributed by atoms with E-state index in [-0.39, 0.29) is 5.84 Å². The van der Waals surface area contributed by atoms with Gasteiger partial charge in [-0.3, -0.25) is 52.4 Å².